The van der Waals surface area contributed by atoms with Crippen molar-refractivity contribution >= 4 is 17.3 Å². The van der Waals surface area contributed by atoms with Gasteiger partial charge >= 0.3 is 6.18 Å². The molecule has 1 saturated heterocycles. The topological polar surface area (TPSA) is 6.48 Å². The van der Waals surface area contributed by atoms with Crippen LogP contribution in [-0.4, -0.2) is 31.1 Å². The largest absolute Gasteiger partial charge is 0.416 e. The zero-order valence-electron chi connectivity index (χ0n) is 13.1. The molecule has 2 aromatic rings. The summed E-state index contributed by atoms with van der Waals surface area (Å²) in [5, 5.41) is 0.710. The molecule has 24 heavy (non-hydrogen) atoms. The van der Waals surface area contributed by atoms with Crippen molar-refractivity contribution in [3.8, 4) is 0 Å². The van der Waals surface area contributed by atoms with Gasteiger partial charge in [-0.1, -0.05) is 29.8 Å². The van der Waals surface area contributed by atoms with E-state index < -0.39 is 11.7 Å². The van der Waals surface area contributed by atoms with Crippen molar-refractivity contribution in [2.24, 2.45) is 0 Å². The Balaban J connectivity index is 1.58. The molecule has 1 aliphatic rings. The maximum absolute atomic E-state index is 12.8. The number of benzene rings is 2. The second kappa shape index (κ2) is 7.03. The summed E-state index contributed by atoms with van der Waals surface area (Å²) in [7, 11) is 0. The Labute approximate surface area is 144 Å². The molecule has 128 valence electrons. The van der Waals surface area contributed by atoms with Crippen LogP contribution in [0.3, 0.4) is 0 Å². The molecule has 0 unspecified atom stereocenters. The molecule has 1 aliphatic heterocycles. The summed E-state index contributed by atoms with van der Waals surface area (Å²) in [5.41, 5.74) is 1.24. The molecule has 0 bridgehead atoms. The van der Waals surface area contributed by atoms with Gasteiger partial charge in [0, 0.05) is 43.4 Å². The maximum atomic E-state index is 12.8. The van der Waals surface area contributed by atoms with Gasteiger partial charge in [0.05, 0.1) is 5.56 Å². The molecule has 1 fully saturated rings. The van der Waals surface area contributed by atoms with Crippen LogP contribution in [0.4, 0.5) is 18.9 Å². The van der Waals surface area contributed by atoms with E-state index in [2.05, 4.69) is 9.80 Å². The zero-order valence-corrected chi connectivity index (χ0v) is 13.8. The molecular formula is C18H18ClF3N2. The lowest BCUT2D eigenvalue weighted by Crippen LogP contribution is -2.45. The van der Waals surface area contributed by atoms with Gasteiger partial charge in [-0.15, -0.1) is 0 Å². The summed E-state index contributed by atoms with van der Waals surface area (Å²) >= 11 is 5.90. The van der Waals surface area contributed by atoms with E-state index in [-0.39, 0.29) is 0 Å². The molecule has 0 spiro atoms. The molecular weight excluding hydrogens is 337 g/mol. The highest BCUT2D eigenvalue weighted by Gasteiger charge is 2.30. The van der Waals surface area contributed by atoms with Crippen LogP contribution < -0.4 is 4.90 Å². The van der Waals surface area contributed by atoms with Gasteiger partial charge in [0.25, 0.3) is 0 Å². The standard InChI is InChI=1S/C18H18ClF3N2/c19-16-4-6-17(7-5-16)24-10-8-23(9-11-24)13-14-2-1-3-15(12-14)18(20,21)22/h1-7,12H,8-11,13H2. The van der Waals surface area contributed by atoms with Crippen LogP contribution in [0.5, 0.6) is 0 Å². The average molecular weight is 355 g/mol. The van der Waals surface area contributed by atoms with Crippen LogP contribution in [0.2, 0.25) is 5.02 Å². The van der Waals surface area contributed by atoms with Crippen LogP contribution in [0.25, 0.3) is 0 Å². The van der Waals surface area contributed by atoms with Crippen LogP contribution in [0.15, 0.2) is 48.5 Å². The highest BCUT2D eigenvalue weighted by atomic mass is 35.5. The van der Waals surface area contributed by atoms with Crippen molar-refractivity contribution in [2.45, 2.75) is 12.7 Å². The third kappa shape index (κ3) is 4.22. The Hall–Kier alpha value is -1.72. The molecule has 0 aliphatic carbocycles. The Morgan fingerprint density at radius 2 is 1.58 bits per heavy atom. The molecule has 6 heteroatoms. The first-order valence-corrected chi connectivity index (χ1v) is 8.18. The van der Waals surface area contributed by atoms with E-state index in [1.807, 2.05) is 24.3 Å². The van der Waals surface area contributed by atoms with Crippen molar-refractivity contribution in [3.05, 3.63) is 64.7 Å². The molecule has 0 N–H and O–H groups in total. The summed E-state index contributed by atoms with van der Waals surface area (Å²) < 4.78 is 38.4. The van der Waals surface area contributed by atoms with E-state index in [1.54, 1.807) is 6.07 Å². The van der Waals surface area contributed by atoms with Gasteiger partial charge in [-0.25, -0.2) is 0 Å². The fraction of sp³-hybridized carbons (Fsp3) is 0.333. The summed E-state index contributed by atoms with van der Waals surface area (Å²) in [4.78, 5) is 4.45. The van der Waals surface area contributed by atoms with Crippen molar-refractivity contribution in [1.29, 1.82) is 0 Å². The number of piperazine rings is 1. The molecule has 0 radical (unpaired) electrons. The van der Waals surface area contributed by atoms with E-state index in [0.717, 1.165) is 37.9 Å². The normalized spacial score (nSPS) is 16.4. The third-order valence-electron chi connectivity index (χ3n) is 4.22. The fourth-order valence-electron chi connectivity index (χ4n) is 2.92. The Kier molecular flexibility index (Phi) is 5.01. The minimum Gasteiger partial charge on any atom is -0.369 e. The van der Waals surface area contributed by atoms with Crippen molar-refractivity contribution < 1.29 is 13.2 Å². The first-order valence-electron chi connectivity index (χ1n) is 7.81. The minimum absolute atomic E-state index is 0.540. The number of nitrogens with zero attached hydrogens (tertiary/aromatic N) is 2. The van der Waals surface area contributed by atoms with E-state index in [0.29, 0.717) is 17.1 Å². The average Bonchev–Trinajstić information content (AvgIpc) is 2.56. The highest BCUT2D eigenvalue weighted by Crippen LogP contribution is 2.30. The molecule has 1 heterocycles. The smallest absolute Gasteiger partial charge is 0.369 e. The Morgan fingerprint density at radius 1 is 0.917 bits per heavy atom. The van der Waals surface area contributed by atoms with Crippen LogP contribution >= 0.6 is 11.6 Å². The van der Waals surface area contributed by atoms with Crippen molar-refractivity contribution in [1.82, 2.24) is 4.90 Å². The van der Waals surface area contributed by atoms with E-state index in [4.69, 9.17) is 11.6 Å². The predicted molar refractivity (Wildman–Crippen MR) is 90.4 cm³/mol. The molecule has 0 atom stereocenters. The van der Waals surface area contributed by atoms with E-state index in [1.165, 1.54) is 12.1 Å². The first kappa shape index (κ1) is 17.1. The molecule has 0 aromatic heterocycles. The lowest BCUT2D eigenvalue weighted by Gasteiger charge is -2.36. The summed E-state index contributed by atoms with van der Waals surface area (Å²) in [6.07, 6.45) is -4.29. The Morgan fingerprint density at radius 3 is 2.21 bits per heavy atom. The summed E-state index contributed by atoms with van der Waals surface area (Å²) in [6.45, 7) is 3.87. The van der Waals surface area contributed by atoms with Gasteiger partial charge in [0.15, 0.2) is 0 Å². The first-order chi connectivity index (χ1) is 11.4. The summed E-state index contributed by atoms with van der Waals surface area (Å²) in [6, 6.07) is 13.3. The van der Waals surface area contributed by atoms with Crippen molar-refractivity contribution in [3.63, 3.8) is 0 Å². The zero-order chi connectivity index (χ0) is 17.2. The Bertz CT molecular complexity index is 677. The highest BCUT2D eigenvalue weighted by molar-refractivity contribution is 6.30. The maximum Gasteiger partial charge on any atom is 0.416 e. The predicted octanol–water partition coefficient (Wildman–Crippen LogP) is 4.68. The van der Waals surface area contributed by atoms with Crippen LogP contribution in [-0.2, 0) is 12.7 Å². The third-order valence-corrected chi connectivity index (χ3v) is 4.48. The molecule has 0 amide bonds. The number of alkyl halides is 3. The monoisotopic (exact) mass is 354 g/mol. The molecule has 2 aromatic carbocycles. The number of hydrogen-bond acceptors (Lipinski definition) is 2. The number of halogens is 4. The van der Waals surface area contributed by atoms with Gasteiger partial charge in [-0.3, -0.25) is 4.90 Å². The number of hydrogen-bond donors (Lipinski definition) is 0. The van der Waals surface area contributed by atoms with Gasteiger partial charge in [0.1, 0.15) is 0 Å². The summed E-state index contributed by atoms with van der Waals surface area (Å²) in [5.74, 6) is 0. The molecule has 3 rings (SSSR count). The van der Waals surface area contributed by atoms with Gasteiger partial charge < -0.3 is 4.90 Å². The van der Waals surface area contributed by atoms with E-state index in [9.17, 15) is 13.2 Å². The lowest BCUT2D eigenvalue weighted by atomic mass is 10.1. The van der Waals surface area contributed by atoms with Crippen molar-refractivity contribution in [2.75, 3.05) is 31.1 Å². The minimum atomic E-state index is -4.29. The fourth-order valence-corrected chi connectivity index (χ4v) is 3.05. The second-order valence-corrected chi connectivity index (χ2v) is 6.37. The van der Waals surface area contributed by atoms with Gasteiger partial charge in [-0.05, 0) is 35.9 Å². The number of rotatable bonds is 3. The molecule has 2 nitrogen and oxygen atoms in total. The lowest BCUT2D eigenvalue weighted by molar-refractivity contribution is -0.137. The van der Waals surface area contributed by atoms with Crippen LogP contribution in [0, 0.1) is 0 Å². The number of anilines is 1. The SMILES string of the molecule is FC(F)(F)c1cccc(CN2CCN(c3ccc(Cl)cc3)CC2)c1. The van der Waals surface area contributed by atoms with Gasteiger partial charge in [-0.2, -0.15) is 13.2 Å². The van der Waals surface area contributed by atoms with Crippen LogP contribution in [0.1, 0.15) is 11.1 Å². The van der Waals surface area contributed by atoms with Gasteiger partial charge in [0.2, 0.25) is 0 Å². The molecule has 0 saturated carbocycles. The van der Waals surface area contributed by atoms with E-state index >= 15 is 0 Å². The second-order valence-electron chi connectivity index (χ2n) is 5.94. The quantitative estimate of drug-likeness (QED) is 0.789.